The molecule has 26 heavy (non-hydrogen) atoms. The summed E-state index contributed by atoms with van der Waals surface area (Å²) in [5.41, 5.74) is 1.87. The molecule has 2 heterocycles. The van der Waals surface area contributed by atoms with Gasteiger partial charge in [0.2, 0.25) is 5.91 Å². The number of halogens is 1. The van der Waals surface area contributed by atoms with Crippen molar-refractivity contribution in [3.8, 4) is 5.75 Å². The summed E-state index contributed by atoms with van der Waals surface area (Å²) in [6.45, 7) is 4.85. The van der Waals surface area contributed by atoms with Gasteiger partial charge < -0.3 is 9.64 Å². The lowest BCUT2D eigenvalue weighted by Gasteiger charge is -2.34. The molecule has 1 fully saturated rings. The van der Waals surface area contributed by atoms with Crippen LogP contribution in [0.4, 0.5) is 0 Å². The molecule has 6 nitrogen and oxygen atoms in total. The molecule has 0 saturated carbocycles. The molecule has 140 valence electrons. The first kappa shape index (κ1) is 18.9. The maximum atomic E-state index is 11.8. The van der Waals surface area contributed by atoms with E-state index in [1.165, 1.54) is 0 Å². The van der Waals surface area contributed by atoms with E-state index in [9.17, 15) is 4.79 Å². The first-order valence-corrected chi connectivity index (χ1v) is 9.12. The van der Waals surface area contributed by atoms with Crippen molar-refractivity contribution in [3.05, 3.63) is 35.0 Å². The predicted molar refractivity (Wildman–Crippen MR) is 104 cm³/mol. The van der Waals surface area contributed by atoms with Crippen molar-refractivity contribution >= 4 is 28.4 Å². The summed E-state index contributed by atoms with van der Waals surface area (Å²) in [7, 11) is 5.23. The molecule has 0 N–H and O–H groups in total. The summed E-state index contributed by atoms with van der Waals surface area (Å²) >= 11 is 6.41. The molecule has 1 aliphatic heterocycles. The van der Waals surface area contributed by atoms with Crippen LogP contribution in [-0.2, 0) is 11.3 Å². The minimum atomic E-state index is 0.149. The van der Waals surface area contributed by atoms with E-state index in [0.29, 0.717) is 11.7 Å². The average molecular weight is 377 g/mol. The number of fused-ring (bicyclic) bond motifs is 1. The molecule has 7 heteroatoms. The standard InChI is InChI=1S/C19H25ClN4O2/c1-22(2)18(25)13-24-8-6-23(7-9-24)12-15-10-14-4-5-16(26-3)11-17(14)21-19(15)20/h4-5,10-11H,6-9,12-13H2,1-3H3. The van der Waals surface area contributed by atoms with E-state index in [2.05, 4.69) is 20.9 Å². The summed E-state index contributed by atoms with van der Waals surface area (Å²) in [6.07, 6.45) is 0. The lowest BCUT2D eigenvalue weighted by molar-refractivity contribution is -0.130. The number of carbonyl (C=O) groups is 1. The third kappa shape index (κ3) is 4.44. The molecule has 1 aliphatic rings. The topological polar surface area (TPSA) is 48.9 Å². The number of aromatic nitrogens is 1. The van der Waals surface area contributed by atoms with Crippen LogP contribution < -0.4 is 4.74 Å². The SMILES string of the molecule is COc1ccc2cc(CN3CCN(CC(=O)N(C)C)CC3)c(Cl)nc2c1. The zero-order valence-electron chi connectivity index (χ0n) is 15.5. The number of ether oxygens (including phenoxy) is 1. The Morgan fingerprint density at radius 2 is 1.88 bits per heavy atom. The van der Waals surface area contributed by atoms with E-state index in [-0.39, 0.29) is 5.91 Å². The fourth-order valence-electron chi connectivity index (χ4n) is 3.08. The Balaban J connectivity index is 1.63. The second-order valence-corrected chi connectivity index (χ2v) is 7.20. The molecular weight excluding hydrogens is 352 g/mol. The number of amides is 1. The number of benzene rings is 1. The highest BCUT2D eigenvalue weighted by atomic mass is 35.5. The fourth-order valence-corrected chi connectivity index (χ4v) is 3.29. The van der Waals surface area contributed by atoms with Crippen LogP contribution in [0, 0.1) is 0 Å². The largest absolute Gasteiger partial charge is 0.497 e. The maximum absolute atomic E-state index is 11.8. The Hall–Kier alpha value is -1.89. The van der Waals surface area contributed by atoms with Gasteiger partial charge in [-0.25, -0.2) is 4.98 Å². The van der Waals surface area contributed by atoms with Gasteiger partial charge in [-0.15, -0.1) is 0 Å². The van der Waals surface area contributed by atoms with Crippen molar-refractivity contribution in [3.63, 3.8) is 0 Å². The summed E-state index contributed by atoms with van der Waals surface area (Å²) in [6, 6.07) is 7.94. The Morgan fingerprint density at radius 1 is 1.19 bits per heavy atom. The van der Waals surface area contributed by atoms with Crippen molar-refractivity contribution in [2.75, 3.05) is 53.9 Å². The van der Waals surface area contributed by atoms with Gasteiger partial charge in [0.1, 0.15) is 10.9 Å². The molecule has 0 aliphatic carbocycles. The number of hydrogen-bond acceptors (Lipinski definition) is 5. The number of nitrogens with zero attached hydrogens (tertiary/aromatic N) is 4. The molecule has 1 aromatic heterocycles. The third-order valence-electron chi connectivity index (χ3n) is 4.77. The Bertz CT molecular complexity index is 788. The molecule has 1 saturated heterocycles. The van der Waals surface area contributed by atoms with Crippen LogP contribution in [0.2, 0.25) is 5.15 Å². The summed E-state index contributed by atoms with van der Waals surface area (Å²) in [5.74, 6) is 0.924. The van der Waals surface area contributed by atoms with Crippen LogP contribution in [0.5, 0.6) is 5.75 Å². The molecular formula is C19H25ClN4O2. The van der Waals surface area contributed by atoms with Crippen molar-refractivity contribution in [2.24, 2.45) is 0 Å². The van der Waals surface area contributed by atoms with Crippen molar-refractivity contribution in [1.82, 2.24) is 19.7 Å². The van der Waals surface area contributed by atoms with Crippen molar-refractivity contribution < 1.29 is 9.53 Å². The Labute approximate surface area is 159 Å². The molecule has 1 aromatic carbocycles. The highest BCUT2D eigenvalue weighted by Crippen LogP contribution is 2.25. The lowest BCUT2D eigenvalue weighted by atomic mass is 10.1. The third-order valence-corrected chi connectivity index (χ3v) is 5.09. The van der Waals surface area contributed by atoms with Gasteiger partial charge in [0.05, 0.1) is 19.2 Å². The lowest BCUT2D eigenvalue weighted by Crippen LogP contribution is -2.48. The molecule has 0 unspecified atom stereocenters. The molecule has 0 radical (unpaired) electrons. The fraction of sp³-hybridized carbons (Fsp3) is 0.474. The molecule has 0 atom stereocenters. The highest BCUT2D eigenvalue weighted by Gasteiger charge is 2.20. The zero-order chi connectivity index (χ0) is 18.7. The molecule has 1 amide bonds. The van der Waals surface area contributed by atoms with Gasteiger partial charge in [-0.1, -0.05) is 11.6 Å². The highest BCUT2D eigenvalue weighted by molar-refractivity contribution is 6.30. The number of rotatable bonds is 5. The number of hydrogen-bond donors (Lipinski definition) is 0. The van der Waals surface area contributed by atoms with Gasteiger partial charge >= 0.3 is 0 Å². The Kier molecular flexibility index (Phi) is 5.96. The van der Waals surface area contributed by atoms with Gasteiger partial charge in [0.25, 0.3) is 0 Å². The average Bonchev–Trinajstić information content (AvgIpc) is 2.63. The smallest absolute Gasteiger partial charge is 0.236 e. The van der Waals surface area contributed by atoms with Gasteiger partial charge in [0.15, 0.2) is 0 Å². The quantitative estimate of drug-likeness (QED) is 0.748. The summed E-state index contributed by atoms with van der Waals surface area (Å²) in [4.78, 5) is 22.6. The monoisotopic (exact) mass is 376 g/mol. The second-order valence-electron chi connectivity index (χ2n) is 6.84. The van der Waals surface area contributed by atoms with E-state index in [4.69, 9.17) is 16.3 Å². The molecule has 0 spiro atoms. The van der Waals surface area contributed by atoms with E-state index in [1.54, 1.807) is 26.1 Å². The van der Waals surface area contributed by atoms with Crippen molar-refractivity contribution in [1.29, 1.82) is 0 Å². The number of pyridine rings is 1. The van der Waals surface area contributed by atoms with Crippen LogP contribution in [0.15, 0.2) is 24.3 Å². The first-order valence-electron chi connectivity index (χ1n) is 8.74. The number of likely N-dealkylation sites (N-methyl/N-ethyl adjacent to an activating group) is 1. The number of piperazine rings is 1. The van der Waals surface area contributed by atoms with Gasteiger partial charge in [-0.2, -0.15) is 0 Å². The maximum Gasteiger partial charge on any atom is 0.236 e. The summed E-state index contributed by atoms with van der Waals surface area (Å²) in [5, 5.41) is 1.59. The van der Waals surface area contributed by atoms with Crippen LogP contribution in [0.1, 0.15) is 5.56 Å². The normalized spacial score (nSPS) is 16.0. The number of carbonyl (C=O) groups excluding carboxylic acids is 1. The summed E-state index contributed by atoms with van der Waals surface area (Å²) < 4.78 is 5.24. The van der Waals surface area contributed by atoms with Crippen molar-refractivity contribution in [2.45, 2.75) is 6.54 Å². The van der Waals surface area contributed by atoms with Crippen LogP contribution >= 0.6 is 11.6 Å². The van der Waals surface area contributed by atoms with Gasteiger partial charge in [0, 0.05) is 63.8 Å². The van der Waals surface area contributed by atoms with E-state index in [1.807, 2.05) is 18.2 Å². The minimum Gasteiger partial charge on any atom is -0.497 e. The van der Waals surface area contributed by atoms with Crippen LogP contribution in [0.3, 0.4) is 0 Å². The van der Waals surface area contributed by atoms with Gasteiger partial charge in [-0.05, 0) is 18.2 Å². The van der Waals surface area contributed by atoms with Gasteiger partial charge in [-0.3, -0.25) is 14.6 Å². The molecule has 0 bridgehead atoms. The zero-order valence-corrected chi connectivity index (χ0v) is 16.3. The van der Waals surface area contributed by atoms with E-state index >= 15 is 0 Å². The Morgan fingerprint density at radius 3 is 2.54 bits per heavy atom. The number of methoxy groups -OCH3 is 1. The second kappa shape index (κ2) is 8.20. The van der Waals surface area contributed by atoms with E-state index < -0.39 is 0 Å². The first-order chi connectivity index (χ1) is 12.5. The minimum absolute atomic E-state index is 0.149. The van der Waals surface area contributed by atoms with Crippen LogP contribution in [0.25, 0.3) is 10.9 Å². The predicted octanol–water partition coefficient (Wildman–Crippen LogP) is 2.10. The van der Waals surface area contributed by atoms with Crippen LogP contribution in [-0.4, -0.2) is 79.5 Å². The molecule has 3 rings (SSSR count). The molecule has 2 aromatic rings. The van der Waals surface area contributed by atoms with E-state index in [0.717, 1.165) is 54.9 Å².